The third kappa shape index (κ3) is 17.8. The molecule has 2 aromatic heterocycles. The first-order chi connectivity index (χ1) is 15.3. The summed E-state index contributed by atoms with van der Waals surface area (Å²) in [5.41, 5.74) is 3.31. The quantitative estimate of drug-likeness (QED) is 0.356. The largest absolute Gasteiger partial charge is 2.00 e. The molecule has 7 heteroatoms. The van der Waals surface area contributed by atoms with Crippen molar-refractivity contribution in [3.63, 3.8) is 0 Å². The van der Waals surface area contributed by atoms with Crippen molar-refractivity contribution in [2.45, 2.75) is 105 Å². The first kappa shape index (κ1) is 32.7. The monoisotopic (exact) mass is 522 g/mol. The number of rotatable bonds is 4. The maximum Gasteiger partial charge on any atom is 2.00 e. The average molecular weight is 523 g/mol. The molecule has 0 saturated heterocycles. The molecule has 0 aliphatic rings. The van der Waals surface area contributed by atoms with E-state index in [0.717, 1.165) is 22.8 Å². The minimum atomic E-state index is -0.0569. The van der Waals surface area contributed by atoms with Crippen LogP contribution in [0.15, 0.2) is 44.2 Å². The van der Waals surface area contributed by atoms with E-state index in [1.807, 2.05) is 49.1 Å². The normalized spacial score (nSPS) is 13.6. The van der Waals surface area contributed by atoms with Gasteiger partial charge >= 0.3 is 16.5 Å². The summed E-state index contributed by atoms with van der Waals surface area (Å²) in [5.74, 6) is 0. The molecule has 0 aromatic carbocycles. The molecule has 0 N–H and O–H groups in total. The Kier molecular flexibility index (Phi) is 12.3. The van der Waals surface area contributed by atoms with E-state index >= 15 is 0 Å². The molecular weight excluding hydrogens is 479 g/mol. The summed E-state index contributed by atoms with van der Waals surface area (Å²) in [6.07, 6.45) is 7.26. The van der Waals surface area contributed by atoms with Crippen LogP contribution in [0.1, 0.15) is 106 Å². The van der Waals surface area contributed by atoms with Crippen LogP contribution in [0, 0.1) is 0 Å². The van der Waals surface area contributed by atoms with Crippen molar-refractivity contribution in [1.82, 2.24) is 9.97 Å². The summed E-state index contributed by atoms with van der Waals surface area (Å²) in [4.78, 5) is 26.5. The van der Waals surface area contributed by atoms with Crippen LogP contribution in [-0.2, 0) is 16.5 Å². The molecule has 35 heavy (non-hydrogen) atoms. The second-order valence-electron chi connectivity index (χ2n) is 12.3. The smallest absolute Gasteiger partial charge is 0.655 e. The third-order valence-corrected chi connectivity index (χ3v) is 3.70. The van der Waals surface area contributed by atoms with Crippen molar-refractivity contribution in [2.75, 3.05) is 0 Å². The Labute approximate surface area is 223 Å². The van der Waals surface area contributed by atoms with Crippen LogP contribution in [0.25, 0.3) is 0 Å². The van der Waals surface area contributed by atoms with Crippen LogP contribution in [0.2, 0.25) is 0 Å². The van der Waals surface area contributed by atoms with Crippen LogP contribution in [-0.4, -0.2) is 47.0 Å². The summed E-state index contributed by atoms with van der Waals surface area (Å²) in [5, 5.41) is 0. The van der Waals surface area contributed by atoms with Crippen molar-refractivity contribution in [3.8, 4) is 0 Å². The first-order valence-electron chi connectivity index (χ1n) is 11.8. The molecule has 0 saturated carbocycles. The van der Waals surface area contributed by atoms with Crippen molar-refractivity contribution in [2.24, 2.45) is 20.0 Å². The van der Waals surface area contributed by atoms with Gasteiger partial charge in [-0.05, 0) is 83.1 Å². The molecule has 0 atom stereocenters. The Hall–Kier alpha value is -2.27. The van der Waals surface area contributed by atoms with Gasteiger partial charge in [-0.3, -0.25) is 20.0 Å². The molecule has 196 valence electrons. The van der Waals surface area contributed by atoms with E-state index in [1.54, 1.807) is 0 Å². The Morgan fingerprint density at radius 2 is 0.600 bits per heavy atom. The molecule has 2 aromatic rings. The van der Waals surface area contributed by atoms with Gasteiger partial charge in [-0.2, -0.15) is 0 Å². The number of nitrogens with zero attached hydrogens (tertiary/aromatic N) is 6. The fraction of sp³-hybridized carbons (Fsp3) is 0.571. The maximum absolute atomic E-state index is 4.42. The van der Waals surface area contributed by atoms with Crippen LogP contribution in [0.3, 0.4) is 0 Å². The number of aliphatic imine (C=N–C) groups is 4. The molecule has 0 radical (unpaired) electrons. The molecule has 0 amide bonds. The van der Waals surface area contributed by atoms with Gasteiger partial charge in [0.2, 0.25) is 0 Å². The second kappa shape index (κ2) is 13.2. The summed E-state index contributed by atoms with van der Waals surface area (Å²) in [7, 11) is 0. The summed E-state index contributed by atoms with van der Waals surface area (Å²) >= 11 is 0. The summed E-state index contributed by atoms with van der Waals surface area (Å²) in [6.45, 7) is 24.8. The van der Waals surface area contributed by atoms with E-state index < -0.39 is 0 Å². The van der Waals surface area contributed by atoms with Gasteiger partial charge in [0, 0.05) is 24.9 Å². The van der Waals surface area contributed by atoms with Gasteiger partial charge < -0.3 is 9.97 Å². The fourth-order valence-electron chi connectivity index (χ4n) is 2.12. The molecule has 0 aliphatic heterocycles. The summed E-state index contributed by atoms with van der Waals surface area (Å²) in [6, 6.07) is 7.83. The van der Waals surface area contributed by atoms with Gasteiger partial charge in [0.25, 0.3) is 0 Å². The molecular formula is C28H44N6Ni. The van der Waals surface area contributed by atoms with Crippen molar-refractivity contribution in [1.29, 1.82) is 0 Å². The SMILES string of the molecule is CC(C)(C)N=Cc1ccc(C=NC(C)(C)C)[n-]1.CC(C)(C)N=Cc1ccc(C=NC(C)(C)C)[n-]1.[Ni+2]. The number of aromatic nitrogens is 2. The first-order valence-corrected chi connectivity index (χ1v) is 11.8. The van der Waals surface area contributed by atoms with Gasteiger partial charge in [0.15, 0.2) is 0 Å². The van der Waals surface area contributed by atoms with Crippen molar-refractivity contribution >= 4 is 24.9 Å². The number of hydrogen-bond donors (Lipinski definition) is 0. The topological polar surface area (TPSA) is 77.6 Å². The molecule has 6 nitrogen and oxygen atoms in total. The molecule has 0 aliphatic carbocycles. The standard InChI is InChI=1S/2C14H22N3.Ni/c2*1-13(2,3)15-9-11-7-8-12(17-11)10-16-14(4,5)6;/h2*7-10H,1-6H3;/q2*-1;+2. The molecule has 2 heterocycles. The Morgan fingerprint density at radius 1 is 0.429 bits per heavy atom. The average Bonchev–Trinajstić information content (AvgIpc) is 3.29. The van der Waals surface area contributed by atoms with E-state index in [0.29, 0.717) is 0 Å². The van der Waals surface area contributed by atoms with E-state index in [1.165, 1.54) is 0 Å². The van der Waals surface area contributed by atoms with Crippen LogP contribution < -0.4 is 9.97 Å². The number of hydrogen-bond acceptors (Lipinski definition) is 4. The third-order valence-electron chi connectivity index (χ3n) is 3.70. The molecule has 2 rings (SSSR count). The van der Waals surface area contributed by atoms with E-state index in [-0.39, 0.29) is 38.6 Å². The zero-order valence-electron chi connectivity index (χ0n) is 23.6. The van der Waals surface area contributed by atoms with Gasteiger partial charge in [-0.25, -0.2) is 0 Å². The van der Waals surface area contributed by atoms with Gasteiger partial charge in [-0.1, -0.05) is 24.3 Å². The van der Waals surface area contributed by atoms with Crippen LogP contribution in [0.5, 0.6) is 0 Å². The zero-order chi connectivity index (χ0) is 26.2. The second-order valence-corrected chi connectivity index (χ2v) is 12.3. The van der Waals surface area contributed by atoms with Gasteiger partial charge in [0.05, 0.1) is 22.2 Å². The minimum Gasteiger partial charge on any atom is -0.655 e. The minimum absolute atomic E-state index is 0. The van der Waals surface area contributed by atoms with E-state index in [2.05, 4.69) is 113 Å². The summed E-state index contributed by atoms with van der Waals surface area (Å²) < 4.78 is 0. The van der Waals surface area contributed by atoms with E-state index in [4.69, 9.17) is 0 Å². The predicted molar refractivity (Wildman–Crippen MR) is 149 cm³/mol. The van der Waals surface area contributed by atoms with Gasteiger partial charge in [0.1, 0.15) is 0 Å². The maximum atomic E-state index is 4.42. The Bertz CT molecular complexity index is 835. The zero-order valence-corrected chi connectivity index (χ0v) is 24.6. The predicted octanol–water partition coefficient (Wildman–Crippen LogP) is 6.15. The van der Waals surface area contributed by atoms with E-state index in [9.17, 15) is 0 Å². The van der Waals surface area contributed by atoms with Gasteiger partial charge in [-0.15, -0.1) is 22.8 Å². The van der Waals surface area contributed by atoms with Crippen molar-refractivity contribution in [3.05, 3.63) is 47.0 Å². The van der Waals surface area contributed by atoms with Crippen LogP contribution in [0.4, 0.5) is 0 Å². The molecule has 0 spiro atoms. The molecule has 0 bridgehead atoms. The van der Waals surface area contributed by atoms with Crippen molar-refractivity contribution < 1.29 is 16.5 Å². The van der Waals surface area contributed by atoms with Crippen LogP contribution >= 0.6 is 0 Å². The fourth-order valence-corrected chi connectivity index (χ4v) is 2.12. The molecule has 0 unspecified atom stereocenters. The molecule has 0 fully saturated rings. The Morgan fingerprint density at radius 3 is 0.743 bits per heavy atom. The Balaban J connectivity index is 0.000000642.